The molecule has 1 unspecified atom stereocenters. The lowest BCUT2D eigenvalue weighted by Gasteiger charge is -2.15. The average Bonchev–Trinajstić information content (AvgIpc) is 2.34. The Morgan fingerprint density at radius 1 is 1.44 bits per heavy atom. The first-order valence-corrected chi connectivity index (χ1v) is 5.60. The predicted molar refractivity (Wildman–Crippen MR) is 63.8 cm³/mol. The smallest absolute Gasteiger partial charge is 0.339 e. The number of pyridine rings is 1. The van der Waals surface area contributed by atoms with Gasteiger partial charge in [-0.1, -0.05) is 0 Å². The number of hydrogen-bond donors (Lipinski definition) is 2. The number of aromatic carboxylic acids is 1. The molecule has 1 rings (SSSR count). The zero-order chi connectivity index (χ0) is 13.5. The Balaban J connectivity index is 2.50. The standard InChI is InChI=1S/C12H17NO5/c1-8(2)17-6-9(14)7-18-11-5-13-4-3-10(11)12(15)16/h3-5,8-9,14H,6-7H2,1-2H3,(H,15,16). The third-order valence-electron chi connectivity index (χ3n) is 2.07. The minimum absolute atomic E-state index is 0.0157. The van der Waals surface area contributed by atoms with E-state index in [1.54, 1.807) is 0 Å². The number of nitrogens with zero attached hydrogens (tertiary/aromatic N) is 1. The summed E-state index contributed by atoms with van der Waals surface area (Å²) < 4.78 is 10.4. The van der Waals surface area contributed by atoms with Gasteiger partial charge in [-0.3, -0.25) is 4.98 Å². The summed E-state index contributed by atoms with van der Waals surface area (Å²) in [5.41, 5.74) is 0.0157. The molecule has 0 aliphatic carbocycles. The second-order valence-electron chi connectivity index (χ2n) is 4.02. The van der Waals surface area contributed by atoms with E-state index in [4.69, 9.17) is 14.6 Å². The van der Waals surface area contributed by atoms with E-state index in [1.807, 2.05) is 13.8 Å². The van der Waals surface area contributed by atoms with Crippen LogP contribution in [0.2, 0.25) is 0 Å². The predicted octanol–water partition coefficient (Wildman–Crippen LogP) is 0.944. The minimum Gasteiger partial charge on any atom is -0.488 e. The fourth-order valence-electron chi connectivity index (χ4n) is 1.21. The highest BCUT2D eigenvalue weighted by Gasteiger charge is 2.13. The molecule has 0 saturated heterocycles. The molecule has 1 atom stereocenters. The molecular weight excluding hydrogens is 238 g/mol. The van der Waals surface area contributed by atoms with Crippen LogP contribution in [0.1, 0.15) is 24.2 Å². The number of ether oxygens (including phenoxy) is 2. The monoisotopic (exact) mass is 255 g/mol. The molecule has 0 aromatic carbocycles. The number of carboxylic acids is 1. The highest BCUT2D eigenvalue weighted by molar-refractivity contribution is 5.90. The van der Waals surface area contributed by atoms with Crippen LogP contribution < -0.4 is 4.74 Å². The lowest BCUT2D eigenvalue weighted by Crippen LogP contribution is -2.25. The topological polar surface area (TPSA) is 88.9 Å². The van der Waals surface area contributed by atoms with E-state index in [2.05, 4.69) is 4.98 Å². The van der Waals surface area contributed by atoms with Crippen molar-refractivity contribution in [2.24, 2.45) is 0 Å². The van der Waals surface area contributed by atoms with Crippen molar-refractivity contribution in [3.8, 4) is 5.75 Å². The van der Waals surface area contributed by atoms with Crippen LogP contribution in [0.5, 0.6) is 5.75 Å². The van der Waals surface area contributed by atoms with Gasteiger partial charge < -0.3 is 19.7 Å². The van der Waals surface area contributed by atoms with Gasteiger partial charge >= 0.3 is 5.97 Å². The molecule has 0 amide bonds. The Hall–Kier alpha value is -1.66. The summed E-state index contributed by atoms with van der Waals surface area (Å²) in [5, 5.41) is 18.5. The Kier molecular flexibility index (Phi) is 5.54. The molecule has 0 saturated carbocycles. The van der Waals surface area contributed by atoms with E-state index in [-0.39, 0.29) is 30.6 Å². The van der Waals surface area contributed by atoms with E-state index in [1.165, 1.54) is 18.5 Å². The Morgan fingerprint density at radius 3 is 2.78 bits per heavy atom. The van der Waals surface area contributed by atoms with E-state index in [0.717, 1.165) is 0 Å². The van der Waals surface area contributed by atoms with Crippen molar-refractivity contribution in [1.82, 2.24) is 4.98 Å². The molecule has 100 valence electrons. The van der Waals surface area contributed by atoms with Crippen LogP contribution in [-0.2, 0) is 4.74 Å². The summed E-state index contributed by atoms with van der Waals surface area (Å²) in [4.78, 5) is 14.7. The molecule has 0 spiro atoms. The van der Waals surface area contributed by atoms with Crippen molar-refractivity contribution < 1.29 is 24.5 Å². The molecule has 1 aromatic rings. The van der Waals surface area contributed by atoms with Gasteiger partial charge in [0.25, 0.3) is 0 Å². The van der Waals surface area contributed by atoms with E-state index < -0.39 is 12.1 Å². The maximum absolute atomic E-state index is 10.9. The van der Waals surface area contributed by atoms with Crippen LogP contribution in [0.3, 0.4) is 0 Å². The van der Waals surface area contributed by atoms with Crippen LogP contribution >= 0.6 is 0 Å². The maximum atomic E-state index is 10.9. The number of aliphatic hydroxyl groups is 1. The van der Waals surface area contributed by atoms with Crippen LogP contribution in [0.25, 0.3) is 0 Å². The van der Waals surface area contributed by atoms with E-state index >= 15 is 0 Å². The van der Waals surface area contributed by atoms with Gasteiger partial charge in [0.15, 0.2) is 5.75 Å². The third-order valence-corrected chi connectivity index (χ3v) is 2.07. The molecular formula is C12H17NO5. The Labute approximate surface area is 105 Å². The molecule has 2 N–H and O–H groups in total. The average molecular weight is 255 g/mol. The van der Waals surface area contributed by atoms with Crippen LogP contribution in [0.4, 0.5) is 0 Å². The van der Waals surface area contributed by atoms with Crippen LogP contribution in [-0.4, -0.2) is 46.6 Å². The molecule has 1 heterocycles. The third kappa shape index (κ3) is 4.68. The number of hydrogen-bond acceptors (Lipinski definition) is 5. The van der Waals surface area contributed by atoms with E-state index in [0.29, 0.717) is 0 Å². The fourth-order valence-corrected chi connectivity index (χ4v) is 1.21. The largest absolute Gasteiger partial charge is 0.488 e. The molecule has 0 bridgehead atoms. The zero-order valence-electron chi connectivity index (χ0n) is 10.4. The zero-order valence-corrected chi connectivity index (χ0v) is 10.4. The number of carboxylic acid groups (broad SMARTS) is 1. The number of aliphatic hydroxyl groups excluding tert-OH is 1. The first-order chi connectivity index (χ1) is 8.50. The van der Waals surface area contributed by atoms with Crippen LogP contribution in [0.15, 0.2) is 18.5 Å². The summed E-state index contributed by atoms with van der Waals surface area (Å²) in [6, 6.07) is 1.34. The molecule has 1 aromatic heterocycles. The molecule has 18 heavy (non-hydrogen) atoms. The first kappa shape index (κ1) is 14.4. The molecule has 0 aliphatic rings. The fraction of sp³-hybridized carbons (Fsp3) is 0.500. The summed E-state index contributed by atoms with van der Waals surface area (Å²) in [5.74, 6) is -0.964. The number of aromatic nitrogens is 1. The van der Waals surface area contributed by atoms with Gasteiger partial charge in [-0.05, 0) is 19.9 Å². The van der Waals surface area contributed by atoms with Crippen molar-refractivity contribution in [1.29, 1.82) is 0 Å². The molecule has 6 nitrogen and oxygen atoms in total. The molecule has 6 heteroatoms. The van der Waals surface area contributed by atoms with Gasteiger partial charge in [0.1, 0.15) is 18.3 Å². The summed E-state index contributed by atoms with van der Waals surface area (Å²) >= 11 is 0. The van der Waals surface area contributed by atoms with Crippen molar-refractivity contribution in [3.05, 3.63) is 24.0 Å². The highest BCUT2D eigenvalue weighted by atomic mass is 16.5. The van der Waals surface area contributed by atoms with Crippen molar-refractivity contribution in [3.63, 3.8) is 0 Å². The quantitative estimate of drug-likeness (QED) is 0.754. The normalized spacial score (nSPS) is 12.4. The van der Waals surface area contributed by atoms with Crippen LogP contribution in [0, 0.1) is 0 Å². The SMILES string of the molecule is CC(C)OCC(O)COc1cnccc1C(=O)O. The van der Waals surface area contributed by atoms with Gasteiger partial charge in [-0.25, -0.2) is 4.79 Å². The molecule has 0 radical (unpaired) electrons. The van der Waals surface area contributed by atoms with Crippen molar-refractivity contribution in [2.75, 3.05) is 13.2 Å². The van der Waals surface area contributed by atoms with Crippen molar-refractivity contribution in [2.45, 2.75) is 26.1 Å². The van der Waals surface area contributed by atoms with Crippen molar-refractivity contribution >= 4 is 5.97 Å². The lowest BCUT2D eigenvalue weighted by molar-refractivity contribution is -0.0124. The minimum atomic E-state index is -1.10. The summed E-state index contributed by atoms with van der Waals surface area (Å²) in [6.45, 7) is 3.81. The lowest BCUT2D eigenvalue weighted by atomic mass is 10.2. The highest BCUT2D eigenvalue weighted by Crippen LogP contribution is 2.16. The summed E-state index contributed by atoms with van der Waals surface area (Å²) in [6.07, 6.45) is 1.88. The second kappa shape index (κ2) is 6.93. The van der Waals surface area contributed by atoms with Gasteiger partial charge in [0.05, 0.1) is 18.9 Å². The number of carbonyl (C=O) groups is 1. The Morgan fingerprint density at radius 2 is 2.17 bits per heavy atom. The van der Waals surface area contributed by atoms with Gasteiger partial charge in [0, 0.05) is 6.20 Å². The van der Waals surface area contributed by atoms with Gasteiger partial charge in [0.2, 0.25) is 0 Å². The second-order valence-corrected chi connectivity index (χ2v) is 4.02. The maximum Gasteiger partial charge on any atom is 0.339 e. The Bertz CT molecular complexity index is 394. The number of rotatable bonds is 7. The molecule has 0 fully saturated rings. The molecule has 0 aliphatic heterocycles. The van der Waals surface area contributed by atoms with Gasteiger partial charge in [-0.15, -0.1) is 0 Å². The van der Waals surface area contributed by atoms with E-state index in [9.17, 15) is 9.90 Å². The van der Waals surface area contributed by atoms with Gasteiger partial charge in [-0.2, -0.15) is 0 Å². The first-order valence-electron chi connectivity index (χ1n) is 5.60. The summed E-state index contributed by atoms with van der Waals surface area (Å²) in [7, 11) is 0.